The smallest absolute Gasteiger partial charge is 0.303 e. The fraction of sp³-hybridized carbons (Fsp3) is 0.643. The van der Waals surface area contributed by atoms with Crippen molar-refractivity contribution >= 4 is 27.3 Å². The second-order valence-electron chi connectivity index (χ2n) is 5.35. The molecule has 0 bridgehead atoms. The van der Waals surface area contributed by atoms with Crippen LogP contribution in [0.3, 0.4) is 0 Å². The molecule has 2 rings (SSSR count). The van der Waals surface area contributed by atoms with Gasteiger partial charge in [0.25, 0.3) is 10.0 Å². The van der Waals surface area contributed by atoms with E-state index in [0.717, 1.165) is 24.1 Å². The molecule has 1 aliphatic rings. The second-order valence-corrected chi connectivity index (χ2v) is 8.69. The highest BCUT2D eigenvalue weighted by Crippen LogP contribution is 2.29. The molecule has 0 amide bonds. The number of sulfonamides is 1. The highest BCUT2D eigenvalue weighted by Gasteiger charge is 2.30. The third-order valence-corrected chi connectivity index (χ3v) is 7.52. The Hall–Kier alpha value is -0.920. The van der Waals surface area contributed by atoms with Crippen LogP contribution in [0.15, 0.2) is 16.3 Å². The molecule has 1 saturated heterocycles. The SMILES string of the molecule is CCc1ccc(S(=O)(=O)N2CCC(CCC(=O)O)CC2)s1. The monoisotopic (exact) mass is 331 g/mol. The quantitative estimate of drug-likeness (QED) is 0.869. The summed E-state index contributed by atoms with van der Waals surface area (Å²) in [5, 5.41) is 8.69. The summed E-state index contributed by atoms with van der Waals surface area (Å²) in [5.74, 6) is -0.460. The minimum absolute atomic E-state index is 0.169. The minimum atomic E-state index is -3.37. The Morgan fingerprint density at radius 3 is 2.57 bits per heavy atom. The van der Waals surface area contributed by atoms with E-state index in [1.54, 1.807) is 6.07 Å². The van der Waals surface area contributed by atoms with Crippen LogP contribution >= 0.6 is 11.3 Å². The van der Waals surface area contributed by atoms with Gasteiger partial charge in [-0.15, -0.1) is 11.3 Å². The number of aliphatic carboxylic acids is 1. The van der Waals surface area contributed by atoms with Crippen molar-refractivity contribution in [2.75, 3.05) is 13.1 Å². The van der Waals surface area contributed by atoms with Crippen molar-refractivity contribution in [3.63, 3.8) is 0 Å². The molecule has 118 valence electrons. The normalized spacial score (nSPS) is 18.0. The Morgan fingerprint density at radius 2 is 2.05 bits per heavy atom. The molecule has 0 aromatic carbocycles. The Balaban J connectivity index is 1.96. The van der Waals surface area contributed by atoms with Crippen LogP contribution in [0.5, 0.6) is 0 Å². The first-order valence-corrected chi connectivity index (χ1v) is 9.49. The van der Waals surface area contributed by atoms with Crippen LogP contribution in [0, 0.1) is 5.92 Å². The molecule has 1 aromatic rings. The van der Waals surface area contributed by atoms with E-state index in [1.807, 2.05) is 13.0 Å². The highest BCUT2D eigenvalue weighted by molar-refractivity contribution is 7.91. The molecule has 0 atom stereocenters. The maximum absolute atomic E-state index is 12.5. The van der Waals surface area contributed by atoms with Crippen LogP contribution < -0.4 is 0 Å². The summed E-state index contributed by atoms with van der Waals surface area (Å²) in [7, 11) is -3.37. The number of aryl methyl sites for hydroxylation is 1. The van der Waals surface area contributed by atoms with Crippen molar-refractivity contribution in [2.24, 2.45) is 5.92 Å². The molecule has 0 spiro atoms. The van der Waals surface area contributed by atoms with Gasteiger partial charge in [0.15, 0.2) is 0 Å². The van der Waals surface area contributed by atoms with E-state index in [9.17, 15) is 13.2 Å². The van der Waals surface area contributed by atoms with E-state index in [4.69, 9.17) is 5.11 Å². The molecule has 1 N–H and O–H groups in total. The summed E-state index contributed by atoms with van der Waals surface area (Å²) in [5.41, 5.74) is 0. The molecule has 5 nitrogen and oxygen atoms in total. The van der Waals surface area contributed by atoms with Crippen molar-refractivity contribution in [2.45, 2.75) is 43.2 Å². The molecule has 1 fully saturated rings. The van der Waals surface area contributed by atoms with Crippen LogP contribution in [0.1, 0.15) is 37.5 Å². The third-order valence-electron chi connectivity index (χ3n) is 3.92. The maximum atomic E-state index is 12.5. The number of carboxylic acids is 1. The van der Waals surface area contributed by atoms with Gasteiger partial charge in [0.05, 0.1) is 0 Å². The lowest BCUT2D eigenvalue weighted by Crippen LogP contribution is -2.38. The van der Waals surface area contributed by atoms with Gasteiger partial charge in [-0.25, -0.2) is 8.42 Å². The second kappa shape index (κ2) is 6.89. The van der Waals surface area contributed by atoms with Gasteiger partial charge in [-0.05, 0) is 43.7 Å². The molecular formula is C14H21NO4S2. The van der Waals surface area contributed by atoms with Gasteiger partial charge in [-0.1, -0.05) is 6.92 Å². The van der Waals surface area contributed by atoms with Crippen LogP contribution in [-0.4, -0.2) is 36.9 Å². The van der Waals surface area contributed by atoms with Crippen molar-refractivity contribution in [1.29, 1.82) is 0 Å². The molecule has 0 unspecified atom stereocenters. The summed E-state index contributed by atoms with van der Waals surface area (Å²) in [4.78, 5) is 11.7. The van der Waals surface area contributed by atoms with Gasteiger partial charge in [0.2, 0.25) is 0 Å². The van der Waals surface area contributed by atoms with E-state index < -0.39 is 16.0 Å². The average molecular weight is 331 g/mol. The molecule has 21 heavy (non-hydrogen) atoms. The van der Waals surface area contributed by atoms with Crippen molar-refractivity contribution in [1.82, 2.24) is 4.31 Å². The van der Waals surface area contributed by atoms with Gasteiger partial charge >= 0.3 is 5.97 Å². The van der Waals surface area contributed by atoms with Gasteiger partial charge < -0.3 is 5.11 Å². The van der Waals surface area contributed by atoms with E-state index in [2.05, 4.69) is 0 Å². The molecule has 2 heterocycles. The Morgan fingerprint density at radius 1 is 1.38 bits per heavy atom. The zero-order valence-corrected chi connectivity index (χ0v) is 13.8. The topological polar surface area (TPSA) is 74.7 Å². The molecule has 1 aliphatic heterocycles. The lowest BCUT2D eigenvalue weighted by atomic mass is 9.93. The number of hydrogen-bond donors (Lipinski definition) is 1. The number of hydrogen-bond acceptors (Lipinski definition) is 4. The summed E-state index contributed by atoms with van der Waals surface area (Å²) in [6.45, 7) is 2.99. The van der Waals surface area contributed by atoms with E-state index >= 15 is 0 Å². The van der Waals surface area contributed by atoms with E-state index in [0.29, 0.717) is 29.6 Å². The van der Waals surface area contributed by atoms with Crippen molar-refractivity contribution in [3.05, 3.63) is 17.0 Å². The lowest BCUT2D eigenvalue weighted by molar-refractivity contribution is -0.137. The zero-order chi connectivity index (χ0) is 15.5. The molecule has 1 aromatic heterocycles. The maximum Gasteiger partial charge on any atom is 0.303 e. The Bertz CT molecular complexity index is 586. The highest BCUT2D eigenvalue weighted by atomic mass is 32.2. The van der Waals surface area contributed by atoms with Crippen LogP contribution in [0.2, 0.25) is 0 Å². The predicted molar refractivity (Wildman–Crippen MR) is 82.0 cm³/mol. The predicted octanol–water partition coefficient (Wildman–Crippen LogP) is 2.58. The van der Waals surface area contributed by atoms with E-state index in [-0.39, 0.29) is 6.42 Å². The number of carbonyl (C=O) groups is 1. The number of piperidine rings is 1. The minimum Gasteiger partial charge on any atom is -0.481 e. The Kier molecular flexibility index (Phi) is 5.40. The molecule has 0 saturated carbocycles. The standard InChI is InChI=1S/C14H21NO4S2/c1-2-12-4-6-14(20-12)21(18,19)15-9-7-11(8-10-15)3-5-13(16)17/h4,6,11H,2-3,5,7-10H2,1H3,(H,16,17). The van der Waals surface area contributed by atoms with E-state index in [1.165, 1.54) is 15.6 Å². The first kappa shape index (κ1) is 16.5. The van der Waals surface area contributed by atoms with Crippen LogP contribution in [0.4, 0.5) is 0 Å². The first-order chi connectivity index (χ1) is 9.93. The van der Waals surface area contributed by atoms with Crippen LogP contribution in [0.25, 0.3) is 0 Å². The van der Waals surface area contributed by atoms with Gasteiger partial charge in [0.1, 0.15) is 4.21 Å². The van der Waals surface area contributed by atoms with Gasteiger partial charge in [0, 0.05) is 24.4 Å². The van der Waals surface area contributed by atoms with Crippen molar-refractivity contribution in [3.8, 4) is 0 Å². The number of thiophene rings is 1. The average Bonchev–Trinajstić information content (AvgIpc) is 2.95. The number of carboxylic acid groups (broad SMARTS) is 1. The first-order valence-electron chi connectivity index (χ1n) is 7.24. The summed E-state index contributed by atoms with van der Waals surface area (Å²) < 4.78 is 27.0. The fourth-order valence-corrected chi connectivity index (χ4v) is 5.50. The molecular weight excluding hydrogens is 310 g/mol. The lowest BCUT2D eigenvalue weighted by Gasteiger charge is -2.30. The molecule has 0 radical (unpaired) electrons. The molecule has 0 aliphatic carbocycles. The largest absolute Gasteiger partial charge is 0.481 e. The zero-order valence-electron chi connectivity index (χ0n) is 12.1. The summed E-state index contributed by atoms with van der Waals surface area (Å²) in [6.07, 6.45) is 3.15. The van der Waals surface area contributed by atoms with Gasteiger partial charge in [-0.2, -0.15) is 4.31 Å². The number of rotatable bonds is 6. The third kappa shape index (κ3) is 4.05. The van der Waals surface area contributed by atoms with Crippen LogP contribution in [-0.2, 0) is 21.2 Å². The summed E-state index contributed by atoms with van der Waals surface area (Å²) in [6, 6.07) is 3.56. The molecule has 7 heteroatoms. The van der Waals surface area contributed by atoms with Crippen molar-refractivity contribution < 1.29 is 18.3 Å². The summed E-state index contributed by atoms with van der Waals surface area (Å²) >= 11 is 1.34. The van der Waals surface area contributed by atoms with Gasteiger partial charge in [-0.3, -0.25) is 4.79 Å². The number of nitrogens with zero attached hydrogens (tertiary/aromatic N) is 1. The Labute approximate surface area is 129 Å². The fourth-order valence-electron chi connectivity index (χ4n) is 2.58.